The van der Waals surface area contributed by atoms with Gasteiger partial charge >= 0.3 is 0 Å². The maximum Gasteiger partial charge on any atom is 0.161 e. The van der Waals surface area contributed by atoms with Gasteiger partial charge in [-0.25, -0.2) is 0 Å². The highest BCUT2D eigenvalue weighted by atomic mass is 32.1. The van der Waals surface area contributed by atoms with Gasteiger partial charge in [0, 0.05) is 5.92 Å². The molecule has 3 heteroatoms. The fourth-order valence-electron chi connectivity index (χ4n) is 1.50. The quantitative estimate of drug-likeness (QED) is 0.808. The fraction of sp³-hybridized carbons (Fsp3) is 0.571. The number of para-hydroxylation sites is 2. The Balaban J connectivity index is 2.66. The van der Waals surface area contributed by atoms with E-state index in [2.05, 4.69) is 33.4 Å². The Morgan fingerprint density at radius 3 is 2.24 bits per heavy atom. The molecule has 0 N–H and O–H groups in total. The third kappa shape index (κ3) is 4.15. The SMILES string of the molecule is COc1ccccc1OCC(CS)C(C)(C)C. The van der Waals surface area contributed by atoms with Gasteiger partial charge in [-0.1, -0.05) is 32.9 Å². The number of methoxy groups -OCH3 is 1. The van der Waals surface area contributed by atoms with Gasteiger partial charge in [-0.15, -0.1) is 0 Å². The predicted octanol–water partition coefficient (Wildman–Crippen LogP) is 3.67. The normalized spacial score (nSPS) is 13.2. The highest BCUT2D eigenvalue weighted by Gasteiger charge is 2.24. The van der Waals surface area contributed by atoms with E-state index in [4.69, 9.17) is 9.47 Å². The first-order valence-corrected chi connectivity index (χ1v) is 6.49. The molecule has 0 aromatic heterocycles. The van der Waals surface area contributed by atoms with Crippen molar-refractivity contribution in [1.82, 2.24) is 0 Å². The first kappa shape index (κ1) is 14.2. The highest BCUT2D eigenvalue weighted by molar-refractivity contribution is 7.80. The predicted molar refractivity (Wildman–Crippen MR) is 75.3 cm³/mol. The molecule has 0 aliphatic heterocycles. The second-order valence-electron chi connectivity index (χ2n) is 5.21. The summed E-state index contributed by atoms with van der Waals surface area (Å²) in [5.74, 6) is 2.81. The summed E-state index contributed by atoms with van der Waals surface area (Å²) in [6.07, 6.45) is 0. The largest absolute Gasteiger partial charge is 0.493 e. The van der Waals surface area contributed by atoms with Crippen molar-refractivity contribution in [2.75, 3.05) is 19.5 Å². The number of hydrogen-bond acceptors (Lipinski definition) is 3. The maximum atomic E-state index is 5.83. The van der Waals surface area contributed by atoms with E-state index >= 15 is 0 Å². The number of hydrogen-bond donors (Lipinski definition) is 1. The minimum Gasteiger partial charge on any atom is -0.493 e. The van der Waals surface area contributed by atoms with Crippen LogP contribution in [-0.2, 0) is 0 Å². The van der Waals surface area contributed by atoms with Crippen LogP contribution in [0.15, 0.2) is 24.3 Å². The summed E-state index contributed by atoms with van der Waals surface area (Å²) in [6, 6.07) is 7.72. The third-order valence-electron chi connectivity index (χ3n) is 2.95. The molecule has 0 spiro atoms. The Morgan fingerprint density at radius 1 is 1.18 bits per heavy atom. The van der Waals surface area contributed by atoms with E-state index in [1.165, 1.54) is 0 Å². The molecule has 0 heterocycles. The number of ether oxygens (including phenoxy) is 2. The lowest BCUT2D eigenvalue weighted by molar-refractivity contribution is 0.161. The molecule has 1 atom stereocenters. The second kappa shape index (κ2) is 6.20. The first-order valence-electron chi connectivity index (χ1n) is 5.85. The molecule has 0 bridgehead atoms. The van der Waals surface area contributed by atoms with Crippen molar-refractivity contribution in [2.24, 2.45) is 11.3 Å². The van der Waals surface area contributed by atoms with Gasteiger partial charge in [-0.3, -0.25) is 0 Å². The van der Waals surface area contributed by atoms with Crippen LogP contribution >= 0.6 is 12.6 Å². The Bertz CT molecular complexity index is 344. The lowest BCUT2D eigenvalue weighted by Gasteiger charge is -2.29. The average molecular weight is 254 g/mol. The molecule has 0 fully saturated rings. The molecule has 1 unspecified atom stereocenters. The number of rotatable bonds is 5. The molecule has 17 heavy (non-hydrogen) atoms. The van der Waals surface area contributed by atoms with Gasteiger partial charge in [0.15, 0.2) is 11.5 Å². The Hall–Kier alpha value is -0.830. The van der Waals surface area contributed by atoms with E-state index in [9.17, 15) is 0 Å². The summed E-state index contributed by atoms with van der Waals surface area (Å²) >= 11 is 4.39. The summed E-state index contributed by atoms with van der Waals surface area (Å²) in [6.45, 7) is 7.28. The molecule has 96 valence electrons. The Kier molecular flexibility index (Phi) is 5.19. The van der Waals surface area contributed by atoms with Gasteiger partial charge in [0.25, 0.3) is 0 Å². The number of thiol groups is 1. The molecule has 1 rings (SSSR count). The van der Waals surface area contributed by atoms with Crippen LogP contribution in [0.2, 0.25) is 0 Å². The summed E-state index contributed by atoms with van der Waals surface area (Å²) in [4.78, 5) is 0. The van der Waals surface area contributed by atoms with E-state index in [0.29, 0.717) is 12.5 Å². The third-order valence-corrected chi connectivity index (χ3v) is 3.39. The van der Waals surface area contributed by atoms with Gasteiger partial charge in [-0.2, -0.15) is 12.6 Å². The van der Waals surface area contributed by atoms with Crippen LogP contribution in [0.3, 0.4) is 0 Å². The van der Waals surface area contributed by atoms with Gasteiger partial charge in [0.05, 0.1) is 13.7 Å². The van der Waals surface area contributed by atoms with Crippen molar-refractivity contribution in [3.8, 4) is 11.5 Å². The minimum absolute atomic E-state index is 0.198. The van der Waals surface area contributed by atoms with E-state index in [-0.39, 0.29) is 5.41 Å². The Morgan fingerprint density at radius 2 is 1.76 bits per heavy atom. The van der Waals surface area contributed by atoms with Crippen LogP contribution < -0.4 is 9.47 Å². The van der Waals surface area contributed by atoms with Gasteiger partial charge in [0.1, 0.15) is 0 Å². The maximum absolute atomic E-state index is 5.83. The van der Waals surface area contributed by atoms with Crippen LogP contribution in [-0.4, -0.2) is 19.5 Å². The fourth-order valence-corrected chi connectivity index (χ4v) is 2.16. The average Bonchev–Trinajstić information content (AvgIpc) is 2.28. The topological polar surface area (TPSA) is 18.5 Å². The molecule has 1 aromatic rings. The van der Waals surface area contributed by atoms with Crippen LogP contribution in [0.25, 0.3) is 0 Å². The van der Waals surface area contributed by atoms with E-state index in [1.54, 1.807) is 7.11 Å². The summed E-state index contributed by atoms with van der Waals surface area (Å²) in [7, 11) is 1.65. The molecule has 2 nitrogen and oxygen atoms in total. The number of benzene rings is 1. The first-order chi connectivity index (χ1) is 7.99. The van der Waals surface area contributed by atoms with Gasteiger partial charge < -0.3 is 9.47 Å². The molecular formula is C14H22O2S. The minimum atomic E-state index is 0.198. The van der Waals surface area contributed by atoms with Crippen molar-refractivity contribution >= 4 is 12.6 Å². The van der Waals surface area contributed by atoms with Crippen LogP contribution in [0, 0.1) is 11.3 Å². The molecule has 0 saturated heterocycles. The molecule has 0 aliphatic carbocycles. The Labute approximate surface area is 110 Å². The smallest absolute Gasteiger partial charge is 0.161 e. The molecule has 0 aliphatic rings. The monoisotopic (exact) mass is 254 g/mol. The zero-order chi connectivity index (χ0) is 12.9. The lowest BCUT2D eigenvalue weighted by Crippen LogP contribution is -2.28. The molecule has 0 radical (unpaired) electrons. The van der Waals surface area contributed by atoms with E-state index < -0.39 is 0 Å². The second-order valence-corrected chi connectivity index (χ2v) is 5.57. The zero-order valence-electron chi connectivity index (χ0n) is 11.1. The van der Waals surface area contributed by atoms with Crippen molar-refractivity contribution in [3.63, 3.8) is 0 Å². The van der Waals surface area contributed by atoms with Gasteiger partial charge in [-0.05, 0) is 23.3 Å². The molecule has 1 aromatic carbocycles. The van der Waals surface area contributed by atoms with Gasteiger partial charge in [0.2, 0.25) is 0 Å². The van der Waals surface area contributed by atoms with Crippen LogP contribution in [0.4, 0.5) is 0 Å². The summed E-state index contributed by atoms with van der Waals surface area (Å²) < 4.78 is 11.1. The van der Waals surface area contributed by atoms with Crippen molar-refractivity contribution in [1.29, 1.82) is 0 Å². The summed E-state index contributed by atoms with van der Waals surface area (Å²) in [5.41, 5.74) is 0.198. The van der Waals surface area contributed by atoms with Crippen LogP contribution in [0.1, 0.15) is 20.8 Å². The van der Waals surface area contributed by atoms with Crippen molar-refractivity contribution in [3.05, 3.63) is 24.3 Å². The highest BCUT2D eigenvalue weighted by Crippen LogP contribution is 2.30. The van der Waals surface area contributed by atoms with E-state index in [1.807, 2.05) is 24.3 Å². The van der Waals surface area contributed by atoms with E-state index in [0.717, 1.165) is 17.3 Å². The van der Waals surface area contributed by atoms with Crippen molar-refractivity contribution < 1.29 is 9.47 Å². The standard InChI is InChI=1S/C14H22O2S/c1-14(2,3)11(10-17)9-16-13-8-6-5-7-12(13)15-4/h5-8,11,17H,9-10H2,1-4H3. The zero-order valence-corrected chi connectivity index (χ0v) is 12.0. The molecule has 0 saturated carbocycles. The molecule has 0 amide bonds. The van der Waals surface area contributed by atoms with Crippen molar-refractivity contribution in [2.45, 2.75) is 20.8 Å². The lowest BCUT2D eigenvalue weighted by atomic mass is 9.82. The van der Waals surface area contributed by atoms with Crippen LogP contribution in [0.5, 0.6) is 11.5 Å². The molecular weight excluding hydrogens is 232 g/mol. The summed E-state index contributed by atoms with van der Waals surface area (Å²) in [5, 5.41) is 0.